The summed E-state index contributed by atoms with van der Waals surface area (Å²) in [7, 11) is 1.46. The number of rotatable bonds is 4. The lowest BCUT2D eigenvalue weighted by atomic mass is 10.2. The van der Waals surface area contributed by atoms with Gasteiger partial charge in [-0.3, -0.25) is 9.48 Å². The molecule has 0 bridgehead atoms. The number of amides is 1. The average Bonchev–Trinajstić information content (AvgIpc) is 2.60. The molecule has 1 heterocycles. The van der Waals surface area contributed by atoms with E-state index in [0.717, 1.165) is 4.68 Å². The van der Waals surface area contributed by atoms with Crippen LogP contribution in [0.1, 0.15) is 29.4 Å². The predicted octanol–water partition coefficient (Wildman–Crippen LogP) is 0.468. The summed E-state index contributed by atoms with van der Waals surface area (Å²) in [4.78, 5) is 11.5. The van der Waals surface area contributed by atoms with Crippen molar-refractivity contribution in [3.05, 3.63) is 17.5 Å². The van der Waals surface area contributed by atoms with Crippen LogP contribution in [0.3, 0.4) is 0 Å². The third-order valence-electron chi connectivity index (χ3n) is 1.96. The van der Waals surface area contributed by atoms with Gasteiger partial charge in [0.05, 0.1) is 12.2 Å². The van der Waals surface area contributed by atoms with Crippen molar-refractivity contribution in [3.63, 3.8) is 0 Å². The van der Waals surface area contributed by atoms with E-state index in [1.165, 1.54) is 13.2 Å². The summed E-state index contributed by atoms with van der Waals surface area (Å²) in [6.07, 6.45) is -1.58. The van der Waals surface area contributed by atoms with Gasteiger partial charge in [-0.2, -0.15) is 5.10 Å². The van der Waals surface area contributed by atoms with E-state index in [1.54, 1.807) is 6.92 Å². The van der Waals surface area contributed by atoms with Crippen molar-refractivity contribution in [2.24, 2.45) is 7.05 Å². The lowest BCUT2D eigenvalue weighted by molar-refractivity contribution is 0.0908. The van der Waals surface area contributed by atoms with Crippen LogP contribution in [0.15, 0.2) is 6.20 Å². The van der Waals surface area contributed by atoms with E-state index in [2.05, 4.69) is 10.4 Å². The topological polar surface area (TPSA) is 67.2 Å². The first-order chi connectivity index (χ1) is 7.45. The maximum Gasteiger partial charge on any atom is 0.282 e. The van der Waals surface area contributed by atoms with Crippen molar-refractivity contribution in [1.82, 2.24) is 15.1 Å². The normalized spacial score (nSPS) is 12.9. The molecule has 1 rings (SSSR count). The molecule has 5 nitrogen and oxygen atoms in total. The monoisotopic (exact) mass is 233 g/mol. The molecular formula is C9H13F2N3O2. The largest absolute Gasteiger partial charge is 0.394 e. The molecule has 90 valence electrons. The summed E-state index contributed by atoms with van der Waals surface area (Å²) in [5.74, 6) is -0.662. The van der Waals surface area contributed by atoms with Gasteiger partial charge in [0.15, 0.2) is 0 Å². The summed E-state index contributed by atoms with van der Waals surface area (Å²) >= 11 is 0. The van der Waals surface area contributed by atoms with Crippen LogP contribution in [-0.2, 0) is 7.05 Å². The highest BCUT2D eigenvalue weighted by Gasteiger charge is 2.23. The molecule has 1 aromatic heterocycles. The number of hydrogen-bond donors (Lipinski definition) is 2. The molecule has 0 saturated heterocycles. The second-order valence-corrected chi connectivity index (χ2v) is 3.46. The molecule has 0 aliphatic carbocycles. The Hall–Kier alpha value is -1.50. The molecule has 1 amide bonds. The Bertz CT molecular complexity index is 379. The van der Waals surface area contributed by atoms with Crippen molar-refractivity contribution in [3.8, 4) is 0 Å². The van der Waals surface area contributed by atoms with Crippen LogP contribution in [0.25, 0.3) is 0 Å². The van der Waals surface area contributed by atoms with E-state index in [1.807, 2.05) is 0 Å². The summed E-state index contributed by atoms with van der Waals surface area (Å²) in [5, 5.41) is 14.6. The average molecular weight is 233 g/mol. The highest BCUT2D eigenvalue weighted by atomic mass is 19.3. The fraction of sp³-hybridized carbons (Fsp3) is 0.556. The zero-order valence-electron chi connectivity index (χ0n) is 8.94. The third-order valence-corrected chi connectivity index (χ3v) is 1.96. The van der Waals surface area contributed by atoms with Gasteiger partial charge in [-0.25, -0.2) is 8.78 Å². The number of aromatic nitrogens is 2. The molecule has 7 heteroatoms. The fourth-order valence-corrected chi connectivity index (χ4v) is 1.19. The second kappa shape index (κ2) is 5.02. The second-order valence-electron chi connectivity index (χ2n) is 3.46. The maximum absolute atomic E-state index is 12.5. The number of hydrogen-bond acceptors (Lipinski definition) is 3. The van der Waals surface area contributed by atoms with Crippen LogP contribution in [-0.4, -0.2) is 33.4 Å². The molecule has 0 spiro atoms. The zero-order chi connectivity index (χ0) is 12.3. The summed E-state index contributed by atoms with van der Waals surface area (Å²) in [5.41, 5.74) is -0.720. The predicted molar refractivity (Wildman–Crippen MR) is 52.2 cm³/mol. The Balaban J connectivity index is 2.90. The van der Waals surface area contributed by atoms with Crippen molar-refractivity contribution in [2.45, 2.75) is 19.4 Å². The highest BCUT2D eigenvalue weighted by molar-refractivity contribution is 5.95. The van der Waals surface area contributed by atoms with Gasteiger partial charge in [-0.15, -0.1) is 0 Å². The minimum Gasteiger partial charge on any atom is -0.394 e. The summed E-state index contributed by atoms with van der Waals surface area (Å²) < 4.78 is 26.2. The van der Waals surface area contributed by atoms with Gasteiger partial charge in [0.25, 0.3) is 12.3 Å². The van der Waals surface area contributed by atoms with Crippen molar-refractivity contribution >= 4 is 5.91 Å². The number of carbonyl (C=O) groups is 1. The van der Waals surface area contributed by atoms with Crippen molar-refractivity contribution in [1.29, 1.82) is 0 Å². The molecule has 1 aromatic rings. The van der Waals surface area contributed by atoms with E-state index in [9.17, 15) is 13.6 Å². The lowest BCUT2D eigenvalue weighted by Crippen LogP contribution is -2.35. The van der Waals surface area contributed by atoms with Crippen LogP contribution in [0.2, 0.25) is 0 Å². The van der Waals surface area contributed by atoms with Crippen LogP contribution < -0.4 is 5.32 Å². The maximum atomic E-state index is 12.5. The van der Waals surface area contributed by atoms with Gasteiger partial charge in [0.2, 0.25) is 0 Å². The van der Waals surface area contributed by atoms with Gasteiger partial charge in [0.1, 0.15) is 5.69 Å². The van der Waals surface area contributed by atoms with Gasteiger partial charge in [-0.1, -0.05) is 0 Å². The fourth-order valence-electron chi connectivity index (χ4n) is 1.19. The minimum absolute atomic E-state index is 0.169. The molecule has 0 radical (unpaired) electrons. The number of nitrogens with zero attached hydrogens (tertiary/aromatic N) is 2. The Labute approximate surface area is 91.1 Å². The minimum atomic E-state index is -2.80. The molecule has 0 aromatic carbocycles. The van der Waals surface area contributed by atoms with E-state index in [-0.39, 0.29) is 12.2 Å². The van der Waals surface area contributed by atoms with Gasteiger partial charge in [0, 0.05) is 19.3 Å². The molecule has 0 saturated carbocycles. The smallest absolute Gasteiger partial charge is 0.282 e. The first-order valence-corrected chi connectivity index (χ1v) is 4.69. The Kier molecular flexibility index (Phi) is 3.94. The summed E-state index contributed by atoms with van der Waals surface area (Å²) in [6.45, 7) is 1.31. The standard InChI is InChI=1S/C9H13F2N3O2/c1-5(4-15)12-9(16)6-3-14(2)13-7(6)8(10)11/h3,5,8,15H,4H2,1-2H3,(H,12,16). The number of aryl methyl sites for hydroxylation is 1. The first-order valence-electron chi connectivity index (χ1n) is 4.69. The van der Waals surface area contributed by atoms with E-state index in [4.69, 9.17) is 5.11 Å². The SMILES string of the molecule is CC(CO)NC(=O)c1cn(C)nc1C(F)F. The molecule has 1 unspecified atom stereocenters. The van der Waals surface area contributed by atoms with Crippen LogP contribution in [0.4, 0.5) is 8.78 Å². The van der Waals surface area contributed by atoms with Crippen LogP contribution in [0, 0.1) is 0 Å². The molecule has 16 heavy (non-hydrogen) atoms. The van der Waals surface area contributed by atoms with Gasteiger partial charge >= 0.3 is 0 Å². The third kappa shape index (κ3) is 2.75. The lowest BCUT2D eigenvalue weighted by Gasteiger charge is -2.10. The number of halogens is 2. The zero-order valence-corrected chi connectivity index (χ0v) is 8.94. The van der Waals surface area contributed by atoms with Crippen molar-refractivity contribution in [2.75, 3.05) is 6.61 Å². The Morgan fingerprint density at radius 3 is 2.81 bits per heavy atom. The quantitative estimate of drug-likeness (QED) is 0.794. The number of carbonyl (C=O) groups excluding carboxylic acids is 1. The Morgan fingerprint density at radius 1 is 1.69 bits per heavy atom. The molecule has 1 atom stereocenters. The number of alkyl halides is 2. The van der Waals surface area contributed by atoms with E-state index >= 15 is 0 Å². The van der Waals surface area contributed by atoms with Gasteiger partial charge in [-0.05, 0) is 6.92 Å². The number of aliphatic hydroxyl groups is 1. The Morgan fingerprint density at radius 2 is 2.31 bits per heavy atom. The molecule has 0 aliphatic rings. The van der Waals surface area contributed by atoms with Gasteiger partial charge < -0.3 is 10.4 Å². The number of aliphatic hydroxyl groups excluding tert-OH is 1. The van der Waals surface area contributed by atoms with Crippen molar-refractivity contribution < 1.29 is 18.7 Å². The molecule has 0 aliphatic heterocycles. The summed E-state index contributed by atoms with van der Waals surface area (Å²) in [6, 6.07) is -0.488. The van der Waals surface area contributed by atoms with Crippen LogP contribution >= 0.6 is 0 Å². The molecule has 2 N–H and O–H groups in total. The number of nitrogens with one attached hydrogen (secondary N) is 1. The van der Waals surface area contributed by atoms with E-state index < -0.39 is 24.1 Å². The molecular weight excluding hydrogens is 220 g/mol. The molecule has 0 fully saturated rings. The van der Waals surface area contributed by atoms with E-state index in [0.29, 0.717) is 0 Å². The van der Waals surface area contributed by atoms with Crippen LogP contribution in [0.5, 0.6) is 0 Å². The highest BCUT2D eigenvalue weighted by Crippen LogP contribution is 2.20. The first kappa shape index (κ1) is 12.6.